The fourth-order valence-corrected chi connectivity index (χ4v) is 22.7. The number of rotatable bonds is 54. The molecule has 0 aliphatic rings. The van der Waals surface area contributed by atoms with Gasteiger partial charge in [0.05, 0.1) is 0 Å². The van der Waals surface area contributed by atoms with Crippen molar-refractivity contribution in [1.29, 1.82) is 0 Å². The maximum Gasteiger partial charge on any atom is 0.500 e. The lowest BCUT2D eigenvalue weighted by Crippen LogP contribution is -2.47. The van der Waals surface area contributed by atoms with Crippen molar-refractivity contribution in [1.82, 2.24) is 0 Å². The van der Waals surface area contributed by atoms with Gasteiger partial charge < -0.3 is 79.7 Å². The number of unbranched alkanes of at least 4 members (excludes halogenated alkanes) is 6. The largest absolute Gasteiger partial charge is 0.500 e. The number of hydrogen-bond acceptors (Lipinski definition) is 18. The Kier molecular flexibility index (Phi) is 56.0. The zero-order valence-corrected chi connectivity index (χ0v) is 57.7. The number of hydrogen-bond donors (Lipinski definition) is 0. The minimum Gasteiger partial charge on any atom is -0.377 e. The van der Waals surface area contributed by atoms with E-state index in [2.05, 4.69) is 41.5 Å². The van der Waals surface area contributed by atoms with Crippen molar-refractivity contribution < 1.29 is 79.7 Å². The van der Waals surface area contributed by atoms with Crippen molar-refractivity contribution in [2.24, 2.45) is 0 Å². The van der Waals surface area contributed by atoms with Crippen molar-refractivity contribution in [2.75, 3.05) is 122 Å². The first-order valence-corrected chi connectivity index (χ1v) is 40.8. The third kappa shape index (κ3) is 37.3. The molecule has 0 aromatic heterocycles. The minimum atomic E-state index is -2.60. The van der Waals surface area contributed by atoms with E-state index in [4.69, 9.17) is 79.7 Å². The van der Waals surface area contributed by atoms with Gasteiger partial charge in [0.2, 0.25) is 0 Å². The van der Waals surface area contributed by atoms with E-state index in [0.29, 0.717) is 79.3 Å². The first kappa shape index (κ1) is 79.8. The quantitative estimate of drug-likeness (QED) is 0.0416. The highest BCUT2D eigenvalue weighted by atomic mass is 28.4. The van der Waals surface area contributed by atoms with Crippen LogP contribution in [0.1, 0.15) is 179 Å². The molecule has 0 aromatic rings. The van der Waals surface area contributed by atoms with E-state index in [1.807, 2.05) is 41.5 Å². The Morgan fingerprint density at radius 2 is 0.333 bits per heavy atom. The van der Waals surface area contributed by atoms with Crippen LogP contribution in [0, 0.1) is 0 Å². The van der Waals surface area contributed by atoms with Gasteiger partial charge in [0.1, 0.15) is 0 Å². The topological polar surface area (TPSA) is 166 Å². The second kappa shape index (κ2) is 52.6. The molecule has 0 aromatic carbocycles. The molecule has 0 saturated heterocycles. The molecular weight excluding hydrogens is 1070 g/mol. The van der Waals surface area contributed by atoms with Crippen LogP contribution in [0.2, 0.25) is 36.3 Å². The summed E-state index contributed by atoms with van der Waals surface area (Å²) in [6, 6.07) is 5.10. The smallest absolute Gasteiger partial charge is 0.377 e. The molecule has 0 radical (unpaired) electrons. The summed E-state index contributed by atoms with van der Waals surface area (Å²) in [5.41, 5.74) is 0. The molecule has 456 valence electrons. The van der Waals surface area contributed by atoms with Gasteiger partial charge in [0.15, 0.2) is 0 Å². The second-order valence-electron chi connectivity index (χ2n) is 17.7. The summed E-state index contributed by atoms with van der Waals surface area (Å²) >= 11 is 0. The molecule has 0 unspecified atom stereocenters. The molecule has 0 aliphatic heterocycles. The SMILES string of the molecule is CCCO[Si](CCCCC[Si](OCCC)(OCCC)OCCC)(OCCC)OCCC.CCO[Si](CCCCC[Si](OCC)(OCC)OCC)(OCC)OCC.CO[Si](CCCCC[Si](OC)(OC)OC)(OC)OC. The molecule has 18 nitrogen and oxygen atoms in total. The summed E-state index contributed by atoms with van der Waals surface area (Å²) in [6.07, 6.45) is 15.1. The summed E-state index contributed by atoms with van der Waals surface area (Å²) < 4.78 is 105. The van der Waals surface area contributed by atoms with Gasteiger partial charge in [0.25, 0.3) is 0 Å². The first-order chi connectivity index (χ1) is 36.2. The van der Waals surface area contributed by atoms with Crippen LogP contribution >= 0.6 is 0 Å². The van der Waals surface area contributed by atoms with Gasteiger partial charge in [-0.05, 0) is 119 Å². The Bertz CT molecular complexity index is 1010. The van der Waals surface area contributed by atoms with Crippen molar-refractivity contribution in [3.8, 4) is 0 Å². The molecule has 0 spiro atoms. The van der Waals surface area contributed by atoms with Crippen LogP contribution in [0.25, 0.3) is 0 Å². The fourth-order valence-electron chi connectivity index (χ4n) is 7.92. The highest BCUT2D eigenvalue weighted by molar-refractivity contribution is 6.62. The molecule has 0 fully saturated rings. The Morgan fingerprint density at radius 3 is 0.467 bits per heavy atom. The van der Waals surface area contributed by atoms with Gasteiger partial charge in [-0.3, -0.25) is 0 Å². The molecule has 0 amide bonds. The van der Waals surface area contributed by atoms with E-state index in [-0.39, 0.29) is 0 Å². The zero-order chi connectivity index (χ0) is 57.1. The van der Waals surface area contributed by atoms with Crippen LogP contribution in [0.5, 0.6) is 0 Å². The maximum absolute atomic E-state index is 6.22. The van der Waals surface area contributed by atoms with Crippen LogP contribution in [-0.2, 0) is 79.7 Å². The maximum atomic E-state index is 6.22. The molecule has 75 heavy (non-hydrogen) atoms. The van der Waals surface area contributed by atoms with Gasteiger partial charge >= 0.3 is 52.8 Å². The molecule has 0 rings (SSSR count). The van der Waals surface area contributed by atoms with Crippen LogP contribution < -0.4 is 0 Å². The van der Waals surface area contributed by atoms with Crippen molar-refractivity contribution in [2.45, 2.75) is 216 Å². The summed E-state index contributed by atoms with van der Waals surface area (Å²) in [5, 5.41) is 0. The summed E-state index contributed by atoms with van der Waals surface area (Å²) in [6.45, 7) is 32.7. The molecule has 0 bridgehead atoms. The summed E-state index contributed by atoms with van der Waals surface area (Å²) in [5.74, 6) is 0. The molecule has 0 N–H and O–H groups in total. The first-order valence-electron chi connectivity index (χ1n) is 29.2. The third-order valence-electron chi connectivity index (χ3n) is 11.6. The van der Waals surface area contributed by atoms with Crippen molar-refractivity contribution in [3.05, 3.63) is 0 Å². The average Bonchev–Trinajstić information content (AvgIpc) is 3.42. The Labute approximate surface area is 468 Å². The molecule has 0 heterocycles. The lowest BCUT2D eigenvalue weighted by atomic mass is 10.3. The van der Waals surface area contributed by atoms with Gasteiger partial charge in [-0.25, -0.2) is 0 Å². The van der Waals surface area contributed by atoms with Crippen molar-refractivity contribution in [3.63, 3.8) is 0 Å². The Morgan fingerprint density at radius 1 is 0.187 bits per heavy atom. The normalized spacial score (nSPS) is 12.7. The van der Waals surface area contributed by atoms with E-state index < -0.39 is 52.8 Å². The zero-order valence-electron chi connectivity index (χ0n) is 51.7. The summed E-state index contributed by atoms with van der Waals surface area (Å²) in [4.78, 5) is 0. The lowest BCUT2D eigenvalue weighted by Gasteiger charge is -2.30. The summed E-state index contributed by atoms with van der Waals surface area (Å²) in [7, 11) is -5.26. The lowest BCUT2D eigenvalue weighted by molar-refractivity contribution is 0.0573. The Balaban J connectivity index is -0.00000107. The monoisotopic (exact) mass is 1190 g/mol. The van der Waals surface area contributed by atoms with Gasteiger partial charge in [0, 0.05) is 158 Å². The highest BCUT2D eigenvalue weighted by Crippen LogP contribution is 2.27. The molecule has 0 atom stereocenters. The minimum absolute atomic E-state index is 0.626. The van der Waals surface area contributed by atoms with Crippen LogP contribution in [0.15, 0.2) is 0 Å². The Hall–Kier alpha value is 0.581. The van der Waals surface area contributed by atoms with E-state index in [1.165, 1.54) is 0 Å². The van der Waals surface area contributed by atoms with Crippen LogP contribution in [0.3, 0.4) is 0 Å². The molecule has 0 saturated carbocycles. The van der Waals surface area contributed by atoms with Gasteiger partial charge in [-0.2, -0.15) is 0 Å². The second-order valence-corrected chi connectivity index (χ2v) is 34.8. The van der Waals surface area contributed by atoms with E-state index in [9.17, 15) is 0 Å². The standard InChI is InChI=1S/C23H52O6Si2.C17H40O6Si2.C11H28O6Si2/c1-7-16-24-30(25-17-8-2,26-18-9-3)22-14-13-15-23-31(27-19-10-4,28-20-11-5)29-21-12-6;1-7-18-24(19-8-2,20-9-3)16-14-13-15-17-25(21-10-4,22-11-5)23-12-6;1-12-18(13-2,14-3)10-8-7-9-11-19(15-4,16-5)17-6/h7-23H2,1-6H3;7-17H2,1-6H3;7-11H2,1-6H3. The van der Waals surface area contributed by atoms with Gasteiger partial charge in [-0.1, -0.05) is 60.8 Å². The highest BCUT2D eigenvalue weighted by Gasteiger charge is 2.44. The van der Waals surface area contributed by atoms with Crippen LogP contribution in [0.4, 0.5) is 0 Å². The van der Waals surface area contributed by atoms with Crippen LogP contribution in [-0.4, -0.2) is 175 Å². The van der Waals surface area contributed by atoms with E-state index in [0.717, 1.165) is 133 Å². The third-order valence-corrected chi connectivity index (χ3v) is 29.4. The predicted octanol–water partition coefficient (Wildman–Crippen LogP) is 12.8. The fraction of sp³-hybridized carbons (Fsp3) is 1.00. The van der Waals surface area contributed by atoms with E-state index in [1.54, 1.807) is 42.7 Å². The van der Waals surface area contributed by atoms with Gasteiger partial charge in [-0.15, -0.1) is 0 Å². The molecule has 0 aliphatic carbocycles. The van der Waals surface area contributed by atoms with Crippen molar-refractivity contribution >= 4 is 52.8 Å². The van der Waals surface area contributed by atoms with E-state index >= 15 is 0 Å². The molecule has 24 heteroatoms. The predicted molar refractivity (Wildman–Crippen MR) is 314 cm³/mol. The molecular formula is C51H120O18Si6. The average molecular weight is 1190 g/mol.